The molecule has 0 aliphatic carbocycles. The van der Waals surface area contributed by atoms with Gasteiger partial charge in [-0.25, -0.2) is 4.79 Å². The van der Waals surface area contributed by atoms with Crippen molar-refractivity contribution in [3.8, 4) is 0 Å². The average molecular weight is 331 g/mol. The zero-order valence-electron chi connectivity index (χ0n) is 14.9. The Hall–Kier alpha value is -2.31. The molecule has 1 atom stereocenters. The van der Waals surface area contributed by atoms with E-state index in [0.717, 1.165) is 35.6 Å². The molecule has 1 aliphatic heterocycles. The normalized spacial score (nSPS) is 18.3. The number of fused-ring (bicyclic) bond motifs is 1. The van der Waals surface area contributed by atoms with Crippen LogP contribution in [0.25, 0.3) is 11.2 Å². The predicted molar refractivity (Wildman–Crippen MR) is 95.6 cm³/mol. The van der Waals surface area contributed by atoms with Crippen LogP contribution in [0, 0.1) is 5.92 Å². The van der Waals surface area contributed by atoms with Crippen molar-refractivity contribution in [2.24, 2.45) is 20.0 Å². The first-order valence-corrected chi connectivity index (χ1v) is 8.36. The van der Waals surface area contributed by atoms with Gasteiger partial charge in [0.25, 0.3) is 5.56 Å². The average Bonchev–Trinajstić information content (AvgIpc) is 2.89. The minimum absolute atomic E-state index is 0.307. The highest BCUT2D eigenvalue weighted by Crippen LogP contribution is 2.25. The number of hydrogen-bond donors (Lipinski definition) is 0. The lowest BCUT2D eigenvalue weighted by Gasteiger charge is -2.32. The van der Waals surface area contributed by atoms with Crippen LogP contribution in [0.15, 0.2) is 21.7 Å². The van der Waals surface area contributed by atoms with Crippen molar-refractivity contribution in [2.45, 2.75) is 33.2 Å². The molecule has 0 spiro atoms. The topological polar surface area (TPSA) is 65.1 Å². The van der Waals surface area contributed by atoms with Crippen LogP contribution in [0.5, 0.6) is 0 Å². The summed E-state index contributed by atoms with van der Waals surface area (Å²) in [5.41, 5.74) is 1.19. The lowest BCUT2D eigenvalue weighted by molar-refractivity contribution is 0.439. The van der Waals surface area contributed by atoms with Crippen LogP contribution in [0.3, 0.4) is 0 Å². The molecule has 0 aromatic carbocycles. The highest BCUT2D eigenvalue weighted by molar-refractivity contribution is 5.74. The van der Waals surface area contributed by atoms with Gasteiger partial charge in [0, 0.05) is 33.7 Å². The lowest BCUT2D eigenvalue weighted by atomic mass is 10.0. The number of imidazole rings is 1. The molecule has 2 aromatic heterocycles. The van der Waals surface area contributed by atoms with Gasteiger partial charge in [-0.15, -0.1) is 0 Å². The van der Waals surface area contributed by atoms with E-state index in [1.165, 1.54) is 18.0 Å². The molecule has 0 N–H and O–H groups in total. The first-order valence-electron chi connectivity index (χ1n) is 8.36. The van der Waals surface area contributed by atoms with Crippen molar-refractivity contribution in [1.82, 2.24) is 18.7 Å². The summed E-state index contributed by atoms with van der Waals surface area (Å²) in [6, 6.07) is 0. The molecule has 0 amide bonds. The van der Waals surface area contributed by atoms with Crippen LogP contribution < -0.4 is 16.1 Å². The van der Waals surface area contributed by atoms with Crippen LogP contribution in [0.1, 0.15) is 26.7 Å². The maximum Gasteiger partial charge on any atom is 0.332 e. The monoisotopic (exact) mass is 331 g/mol. The van der Waals surface area contributed by atoms with Gasteiger partial charge in [0.2, 0.25) is 5.95 Å². The van der Waals surface area contributed by atoms with E-state index >= 15 is 0 Å². The molecule has 24 heavy (non-hydrogen) atoms. The fraction of sp³-hybridized carbons (Fsp3) is 0.588. The number of aromatic nitrogens is 4. The van der Waals surface area contributed by atoms with Crippen LogP contribution in [-0.4, -0.2) is 31.8 Å². The van der Waals surface area contributed by atoms with Gasteiger partial charge < -0.3 is 9.47 Å². The van der Waals surface area contributed by atoms with Gasteiger partial charge in [0.05, 0.1) is 0 Å². The second-order valence-electron chi connectivity index (χ2n) is 7.03. The third-order valence-electron chi connectivity index (χ3n) is 4.70. The number of nitrogens with zero attached hydrogens (tertiary/aromatic N) is 5. The summed E-state index contributed by atoms with van der Waals surface area (Å²) in [7, 11) is 3.16. The van der Waals surface area contributed by atoms with Crippen molar-refractivity contribution in [1.29, 1.82) is 0 Å². The van der Waals surface area contributed by atoms with Crippen molar-refractivity contribution < 1.29 is 0 Å². The Morgan fingerprint density at radius 2 is 2.00 bits per heavy atom. The Bertz CT molecular complexity index is 918. The summed E-state index contributed by atoms with van der Waals surface area (Å²) in [5.74, 6) is 1.35. The number of rotatable bonds is 3. The highest BCUT2D eigenvalue weighted by atomic mass is 16.2. The Labute approximate surface area is 140 Å². The van der Waals surface area contributed by atoms with Crippen molar-refractivity contribution >= 4 is 17.1 Å². The van der Waals surface area contributed by atoms with Gasteiger partial charge in [0.1, 0.15) is 0 Å². The smallest absolute Gasteiger partial charge is 0.332 e. The van der Waals surface area contributed by atoms with Gasteiger partial charge in [-0.05, 0) is 25.7 Å². The molecule has 0 unspecified atom stereocenters. The molecular weight excluding hydrogens is 306 g/mol. The molecule has 1 saturated heterocycles. The lowest BCUT2D eigenvalue weighted by Crippen LogP contribution is -2.38. The molecule has 1 fully saturated rings. The summed E-state index contributed by atoms with van der Waals surface area (Å²) in [5, 5.41) is 0. The van der Waals surface area contributed by atoms with Crippen LogP contribution >= 0.6 is 0 Å². The maximum absolute atomic E-state index is 12.7. The maximum atomic E-state index is 12.7. The fourth-order valence-corrected chi connectivity index (χ4v) is 3.47. The van der Waals surface area contributed by atoms with Gasteiger partial charge in [0.15, 0.2) is 11.2 Å². The van der Waals surface area contributed by atoms with Crippen LogP contribution in [0.4, 0.5) is 5.95 Å². The second-order valence-corrected chi connectivity index (χ2v) is 7.03. The zero-order chi connectivity index (χ0) is 17.6. The molecule has 7 heteroatoms. The molecule has 0 radical (unpaired) electrons. The number of allylic oxidation sites excluding steroid dienone is 1. The largest absolute Gasteiger partial charge is 0.342 e. The minimum atomic E-state index is -0.356. The van der Waals surface area contributed by atoms with Crippen molar-refractivity contribution in [3.63, 3.8) is 0 Å². The SMILES string of the molecule is C=C(C)Cn1c(N2CCC[C@H](C)C2)nc2c1c(=O)n(C)c(=O)n2C. The molecule has 7 nitrogen and oxygen atoms in total. The summed E-state index contributed by atoms with van der Waals surface area (Å²) in [4.78, 5) is 31.8. The fourth-order valence-electron chi connectivity index (χ4n) is 3.47. The number of hydrogen-bond acceptors (Lipinski definition) is 4. The summed E-state index contributed by atoms with van der Waals surface area (Å²) in [6.07, 6.45) is 2.31. The summed E-state index contributed by atoms with van der Waals surface area (Å²) in [6.45, 7) is 10.5. The molecule has 0 saturated carbocycles. The van der Waals surface area contributed by atoms with E-state index in [1.54, 1.807) is 7.05 Å². The molecule has 2 aromatic rings. The zero-order valence-corrected chi connectivity index (χ0v) is 14.9. The Kier molecular flexibility index (Phi) is 4.11. The first kappa shape index (κ1) is 16.5. The molecule has 0 bridgehead atoms. The molecular formula is C17H25N5O2. The minimum Gasteiger partial charge on any atom is -0.342 e. The Morgan fingerprint density at radius 1 is 1.29 bits per heavy atom. The Morgan fingerprint density at radius 3 is 2.62 bits per heavy atom. The third-order valence-corrected chi connectivity index (χ3v) is 4.70. The van der Waals surface area contributed by atoms with Gasteiger partial charge in [-0.3, -0.25) is 13.9 Å². The van der Waals surface area contributed by atoms with Gasteiger partial charge >= 0.3 is 5.69 Å². The van der Waals surface area contributed by atoms with E-state index in [1.807, 2.05) is 11.5 Å². The van der Waals surface area contributed by atoms with Crippen molar-refractivity contribution in [2.75, 3.05) is 18.0 Å². The molecule has 3 rings (SSSR count). The standard InChI is InChI=1S/C17H25N5O2/c1-11(2)9-22-13-14(19(4)17(24)20(5)15(13)23)18-16(22)21-8-6-7-12(3)10-21/h12H,1,6-10H2,2-5H3/t12-/m0/s1. The van der Waals surface area contributed by atoms with E-state index in [-0.39, 0.29) is 11.2 Å². The van der Waals surface area contributed by atoms with E-state index in [0.29, 0.717) is 23.6 Å². The first-order chi connectivity index (χ1) is 11.3. The molecule has 130 valence electrons. The molecule has 3 heterocycles. The van der Waals surface area contributed by atoms with Crippen LogP contribution in [-0.2, 0) is 20.6 Å². The number of anilines is 1. The van der Waals surface area contributed by atoms with E-state index in [9.17, 15) is 9.59 Å². The summed E-state index contributed by atoms with van der Waals surface area (Å²) < 4.78 is 4.50. The van der Waals surface area contributed by atoms with Gasteiger partial charge in [-0.2, -0.15) is 4.98 Å². The predicted octanol–water partition coefficient (Wildman–Crippen LogP) is 1.25. The molecule has 1 aliphatic rings. The van der Waals surface area contributed by atoms with E-state index in [4.69, 9.17) is 0 Å². The Balaban J connectivity index is 2.31. The van der Waals surface area contributed by atoms with E-state index in [2.05, 4.69) is 23.4 Å². The number of piperidine rings is 1. The van der Waals surface area contributed by atoms with Crippen molar-refractivity contribution in [3.05, 3.63) is 33.0 Å². The van der Waals surface area contributed by atoms with Crippen LogP contribution in [0.2, 0.25) is 0 Å². The third kappa shape index (κ3) is 2.57. The quantitative estimate of drug-likeness (QED) is 0.794. The second kappa shape index (κ2) is 5.96. The summed E-state index contributed by atoms with van der Waals surface area (Å²) >= 11 is 0. The number of aryl methyl sites for hydroxylation is 1. The van der Waals surface area contributed by atoms with Gasteiger partial charge in [-0.1, -0.05) is 19.1 Å². The van der Waals surface area contributed by atoms with E-state index < -0.39 is 0 Å². The highest BCUT2D eigenvalue weighted by Gasteiger charge is 2.25.